The molecule has 0 amide bonds. The Labute approximate surface area is 115 Å². The van der Waals surface area contributed by atoms with Gasteiger partial charge in [0.2, 0.25) is 0 Å². The second-order valence-electron chi connectivity index (χ2n) is 6.37. The second-order valence-corrected chi connectivity index (χ2v) is 6.37. The lowest BCUT2D eigenvalue weighted by Gasteiger charge is -2.43. The number of anilines is 1. The lowest BCUT2D eigenvalue weighted by Crippen LogP contribution is -2.48. The van der Waals surface area contributed by atoms with E-state index in [1.165, 1.54) is 16.8 Å². The summed E-state index contributed by atoms with van der Waals surface area (Å²) in [5, 5.41) is 9.43. The van der Waals surface area contributed by atoms with Crippen molar-refractivity contribution in [1.29, 1.82) is 0 Å². The van der Waals surface area contributed by atoms with Crippen molar-refractivity contribution in [3.63, 3.8) is 0 Å². The SMILES string of the molecule is Cc1ccc(N2CCC(C)(C)C(C(=O)O)C2)c(C)c1. The third-order valence-electron chi connectivity index (χ3n) is 4.36. The fraction of sp³-hybridized carbons (Fsp3) is 0.562. The molecule has 0 aromatic heterocycles. The van der Waals surface area contributed by atoms with Crippen molar-refractivity contribution in [3.05, 3.63) is 29.3 Å². The molecule has 1 aromatic rings. The number of carboxylic acid groups (broad SMARTS) is 1. The van der Waals surface area contributed by atoms with Crippen LogP contribution in [-0.4, -0.2) is 24.2 Å². The average molecular weight is 261 g/mol. The molecule has 1 saturated heterocycles. The maximum Gasteiger partial charge on any atom is 0.308 e. The van der Waals surface area contributed by atoms with Crippen LogP contribution in [-0.2, 0) is 4.79 Å². The monoisotopic (exact) mass is 261 g/mol. The Hall–Kier alpha value is -1.51. The van der Waals surface area contributed by atoms with Crippen LogP contribution in [0.5, 0.6) is 0 Å². The molecule has 19 heavy (non-hydrogen) atoms. The highest BCUT2D eigenvalue weighted by atomic mass is 16.4. The molecular weight excluding hydrogens is 238 g/mol. The number of piperidine rings is 1. The lowest BCUT2D eigenvalue weighted by molar-refractivity contribution is -0.146. The maximum atomic E-state index is 11.5. The van der Waals surface area contributed by atoms with Gasteiger partial charge in [-0.1, -0.05) is 31.5 Å². The smallest absolute Gasteiger partial charge is 0.308 e. The first kappa shape index (κ1) is 13.9. The average Bonchev–Trinajstić information content (AvgIpc) is 2.29. The molecule has 2 rings (SSSR count). The highest BCUT2D eigenvalue weighted by Crippen LogP contribution is 2.38. The van der Waals surface area contributed by atoms with Gasteiger partial charge in [0.25, 0.3) is 0 Å². The van der Waals surface area contributed by atoms with E-state index in [4.69, 9.17) is 0 Å². The van der Waals surface area contributed by atoms with E-state index in [-0.39, 0.29) is 11.3 Å². The maximum absolute atomic E-state index is 11.5. The summed E-state index contributed by atoms with van der Waals surface area (Å²) in [7, 11) is 0. The largest absolute Gasteiger partial charge is 0.481 e. The van der Waals surface area contributed by atoms with Crippen molar-refractivity contribution >= 4 is 11.7 Å². The van der Waals surface area contributed by atoms with Crippen LogP contribution >= 0.6 is 0 Å². The van der Waals surface area contributed by atoms with E-state index < -0.39 is 5.97 Å². The molecule has 1 unspecified atom stereocenters. The summed E-state index contributed by atoms with van der Waals surface area (Å²) >= 11 is 0. The first-order chi connectivity index (χ1) is 8.81. The quantitative estimate of drug-likeness (QED) is 0.888. The topological polar surface area (TPSA) is 40.5 Å². The lowest BCUT2D eigenvalue weighted by atomic mass is 9.73. The van der Waals surface area contributed by atoms with Gasteiger partial charge >= 0.3 is 5.97 Å². The number of aliphatic carboxylic acids is 1. The summed E-state index contributed by atoms with van der Waals surface area (Å²) < 4.78 is 0. The van der Waals surface area contributed by atoms with Crippen LogP contribution in [0.1, 0.15) is 31.4 Å². The molecule has 1 atom stereocenters. The fourth-order valence-corrected chi connectivity index (χ4v) is 2.95. The summed E-state index contributed by atoms with van der Waals surface area (Å²) in [6.07, 6.45) is 0.914. The van der Waals surface area contributed by atoms with Gasteiger partial charge in [-0.3, -0.25) is 4.79 Å². The molecule has 1 aliphatic rings. The number of nitrogens with zero attached hydrogens (tertiary/aromatic N) is 1. The number of benzene rings is 1. The molecule has 3 heteroatoms. The van der Waals surface area contributed by atoms with Gasteiger partial charge in [-0.05, 0) is 37.3 Å². The van der Waals surface area contributed by atoms with Crippen LogP contribution in [0, 0.1) is 25.2 Å². The van der Waals surface area contributed by atoms with Crippen molar-refractivity contribution in [2.45, 2.75) is 34.1 Å². The van der Waals surface area contributed by atoms with E-state index in [0.717, 1.165) is 13.0 Å². The van der Waals surface area contributed by atoms with Gasteiger partial charge < -0.3 is 10.0 Å². The Bertz CT molecular complexity index is 494. The molecule has 104 valence electrons. The molecule has 0 radical (unpaired) electrons. The van der Waals surface area contributed by atoms with E-state index in [2.05, 4.69) is 50.8 Å². The molecule has 3 nitrogen and oxygen atoms in total. The summed E-state index contributed by atoms with van der Waals surface area (Å²) in [4.78, 5) is 13.7. The van der Waals surface area contributed by atoms with Crippen LogP contribution in [0.4, 0.5) is 5.69 Å². The zero-order valence-corrected chi connectivity index (χ0v) is 12.2. The van der Waals surface area contributed by atoms with Crippen LogP contribution in [0.3, 0.4) is 0 Å². The summed E-state index contributed by atoms with van der Waals surface area (Å²) in [6, 6.07) is 6.37. The van der Waals surface area contributed by atoms with Gasteiger partial charge in [0.05, 0.1) is 5.92 Å². The molecule has 1 heterocycles. The highest BCUT2D eigenvalue weighted by Gasteiger charge is 2.40. The molecule has 0 saturated carbocycles. The van der Waals surface area contributed by atoms with E-state index in [0.29, 0.717) is 6.54 Å². The Balaban J connectivity index is 2.26. The van der Waals surface area contributed by atoms with E-state index in [9.17, 15) is 9.90 Å². The molecule has 0 aliphatic carbocycles. The minimum Gasteiger partial charge on any atom is -0.481 e. The van der Waals surface area contributed by atoms with Gasteiger partial charge in [0.15, 0.2) is 0 Å². The Morgan fingerprint density at radius 2 is 2.05 bits per heavy atom. The summed E-state index contributed by atoms with van der Waals surface area (Å²) in [6.45, 7) is 9.83. The number of carboxylic acids is 1. The van der Waals surface area contributed by atoms with Gasteiger partial charge in [-0.2, -0.15) is 0 Å². The molecule has 1 aromatic carbocycles. The van der Waals surface area contributed by atoms with Gasteiger partial charge in [0, 0.05) is 18.8 Å². The normalized spacial score (nSPS) is 22.3. The van der Waals surface area contributed by atoms with Crippen LogP contribution in [0.15, 0.2) is 18.2 Å². The van der Waals surface area contributed by atoms with Gasteiger partial charge in [-0.15, -0.1) is 0 Å². The van der Waals surface area contributed by atoms with Crippen LogP contribution in [0.25, 0.3) is 0 Å². The molecule has 0 spiro atoms. The predicted molar refractivity (Wildman–Crippen MR) is 77.7 cm³/mol. The van der Waals surface area contributed by atoms with Crippen LogP contribution < -0.4 is 4.90 Å². The first-order valence-electron chi connectivity index (χ1n) is 6.86. The minimum atomic E-state index is -0.681. The van der Waals surface area contributed by atoms with Crippen molar-refractivity contribution in [3.8, 4) is 0 Å². The molecule has 1 aliphatic heterocycles. The number of hydrogen-bond acceptors (Lipinski definition) is 2. The molecule has 0 bridgehead atoms. The van der Waals surface area contributed by atoms with Gasteiger partial charge in [-0.25, -0.2) is 0 Å². The molecule has 1 fully saturated rings. The Kier molecular flexibility index (Phi) is 3.57. The number of aryl methyl sites for hydroxylation is 2. The zero-order valence-electron chi connectivity index (χ0n) is 12.2. The third-order valence-corrected chi connectivity index (χ3v) is 4.36. The standard InChI is InChI=1S/C16H23NO2/c1-11-5-6-14(12(2)9-11)17-8-7-16(3,4)13(10-17)15(18)19/h5-6,9,13H,7-8,10H2,1-4H3,(H,18,19). The van der Waals surface area contributed by atoms with Crippen molar-refractivity contribution in [2.24, 2.45) is 11.3 Å². The van der Waals surface area contributed by atoms with Crippen molar-refractivity contribution in [1.82, 2.24) is 0 Å². The third kappa shape index (κ3) is 2.75. The van der Waals surface area contributed by atoms with Crippen LogP contribution in [0.2, 0.25) is 0 Å². The van der Waals surface area contributed by atoms with Gasteiger partial charge in [0.1, 0.15) is 0 Å². The Morgan fingerprint density at radius 1 is 1.37 bits per heavy atom. The second kappa shape index (κ2) is 4.87. The van der Waals surface area contributed by atoms with E-state index in [1.54, 1.807) is 0 Å². The van der Waals surface area contributed by atoms with E-state index >= 15 is 0 Å². The number of carbonyl (C=O) groups is 1. The van der Waals surface area contributed by atoms with E-state index in [1.807, 2.05) is 0 Å². The zero-order chi connectivity index (χ0) is 14.2. The van der Waals surface area contributed by atoms with Crippen molar-refractivity contribution < 1.29 is 9.90 Å². The van der Waals surface area contributed by atoms with Crippen molar-refractivity contribution in [2.75, 3.05) is 18.0 Å². The first-order valence-corrected chi connectivity index (χ1v) is 6.86. The Morgan fingerprint density at radius 3 is 2.63 bits per heavy atom. The number of rotatable bonds is 2. The molecule has 1 N–H and O–H groups in total. The molecular formula is C16H23NO2. The predicted octanol–water partition coefficient (Wildman–Crippen LogP) is 3.24. The highest BCUT2D eigenvalue weighted by molar-refractivity contribution is 5.72. The summed E-state index contributed by atoms with van der Waals surface area (Å²) in [5.41, 5.74) is 3.52. The fourth-order valence-electron chi connectivity index (χ4n) is 2.95. The summed E-state index contributed by atoms with van der Waals surface area (Å²) in [5.74, 6) is -0.985. The minimum absolute atomic E-state index is 0.124. The number of hydrogen-bond donors (Lipinski definition) is 1.